The molecule has 5 rings (SSSR count). The lowest BCUT2D eigenvalue weighted by molar-refractivity contribution is -0.139. The van der Waals surface area contributed by atoms with Gasteiger partial charge in [0.1, 0.15) is 17.6 Å². The smallest absolute Gasteiger partial charge is 0.295 e. The largest absolute Gasteiger partial charge is 0.507 e. The minimum absolute atomic E-state index is 0.0673. The zero-order chi connectivity index (χ0) is 23.8. The average molecular weight is 518 g/mol. The van der Waals surface area contributed by atoms with Crippen LogP contribution in [0.4, 0.5) is 0 Å². The molecule has 0 aromatic heterocycles. The summed E-state index contributed by atoms with van der Waals surface area (Å²) >= 11 is 3.50. The molecule has 2 unspecified atom stereocenters. The van der Waals surface area contributed by atoms with Crippen molar-refractivity contribution in [2.45, 2.75) is 31.9 Å². The fraction of sp³-hybridized carbons (Fsp3) is 0.214. The summed E-state index contributed by atoms with van der Waals surface area (Å²) in [5, 5.41) is 11.3. The van der Waals surface area contributed by atoms with Gasteiger partial charge in [-0.05, 0) is 60.4 Å². The molecule has 2 heterocycles. The van der Waals surface area contributed by atoms with E-state index in [2.05, 4.69) is 15.9 Å². The minimum atomic E-state index is -0.676. The van der Waals surface area contributed by atoms with Gasteiger partial charge in [0, 0.05) is 23.0 Å². The van der Waals surface area contributed by atoms with Crippen molar-refractivity contribution in [3.63, 3.8) is 0 Å². The normalized spacial score (nSPS) is 20.9. The Hall–Kier alpha value is -3.38. The lowest BCUT2D eigenvalue weighted by atomic mass is 9.94. The third kappa shape index (κ3) is 4.14. The Balaban J connectivity index is 1.58. The maximum Gasteiger partial charge on any atom is 0.295 e. The molecular weight excluding hydrogens is 494 g/mol. The number of carbonyl (C=O) groups is 2. The number of likely N-dealkylation sites (tertiary alicyclic amines) is 1. The van der Waals surface area contributed by atoms with Gasteiger partial charge in [-0.15, -0.1) is 0 Å². The highest BCUT2D eigenvalue weighted by molar-refractivity contribution is 9.10. The van der Waals surface area contributed by atoms with Gasteiger partial charge in [-0.2, -0.15) is 0 Å². The number of carbonyl (C=O) groups excluding carboxylic acids is 2. The van der Waals surface area contributed by atoms with Gasteiger partial charge in [-0.1, -0.05) is 58.4 Å². The summed E-state index contributed by atoms with van der Waals surface area (Å²) in [6, 6.07) is 22.1. The van der Waals surface area contributed by atoms with E-state index in [9.17, 15) is 14.7 Å². The Bertz CT molecular complexity index is 1300. The fourth-order valence-electron chi connectivity index (χ4n) is 4.75. The van der Waals surface area contributed by atoms with Gasteiger partial charge in [0.15, 0.2) is 0 Å². The molecule has 0 bridgehead atoms. The van der Waals surface area contributed by atoms with E-state index in [-0.39, 0.29) is 17.4 Å². The Labute approximate surface area is 206 Å². The van der Waals surface area contributed by atoms with Crippen molar-refractivity contribution in [1.29, 1.82) is 0 Å². The van der Waals surface area contributed by atoms with Gasteiger partial charge >= 0.3 is 0 Å². The number of halogens is 1. The van der Waals surface area contributed by atoms with Crippen molar-refractivity contribution in [2.24, 2.45) is 0 Å². The summed E-state index contributed by atoms with van der Waals surface area (Å²) in [6.45, 7) is 2.35. The molecule has 34 heavy (non-hydrogen) atoms. The second-order valence-corrected chi connectivity index (χ2v) is 9.65. The topological polar surface area (TPSA) is 66.8 Å². The van der Waals surface area contributed by atoms with Crippen molar-refractivity contribution in [2.75, 3.05) is 6.54 Å². The molecule has 6 heteroatoms. The summed E-state index contributed by atoms with van der Waals surface area (Å²) in [7, 11) is 0. The molecule has 172 valence electrons. The van der Waals surface area contributed by atoms with Crippen LogP contribution in [0, 0.1) is 0 Å². The molecule has 5 nitrogen and oxygen atoms in total. The van der Waals surface area contributed by atoms with E-state index in [4.69, 9.17) is 4.74 Å². The van der Waals surface area contributed by atoms with Crippen molar-refractivity contribution in [3.8, 4) is 5.75 Å². The van der Waals surface area contributed by atoms with Gasteiger partial charge in [0.05, 0.1) is 11.6 Å². The van der Waals surface area contributed by atoms with Crippen LogP contribution < -0.4 is 4.74 Å². The summed E-state index contributed by atoms with van der Waals surface area (Å²) in [5.74, 6) is -0.634. The first kappa shape index (κ1) is 22.4. The Morgan fingerprint density at radius 2 is 1.85 bits per heavy atom. The highest BCUT2D eigenvalue weighted by Gasteiger charge is 2.46. The number of fused-ring (bicyclic) bond motifs is 1. The number of hydrogen-bond acceptors (Lipinski definition) is 4. The van der Waals surface area contributed by atoms with Crippen molar-refractivity contribution in [1.82, 2.24) is 4.90 Å². The standard InChI is InChI=1S/C28H24BrNO4/c1-17-14-21-15-20(10-11-23(21)34-17)26(31)24-25(19-8-5-9-22(29)16-19)30(28(33)27(24)32)13-12-18-6-3-2-4-7-18/h2-11,15-17,25,31H,12-14H2,1H3/b26-24+. The molecule has 2 atom stereocenters. The van der Waals surface area contributed by atoms with E-state index in [1.54, 1.807) is 11.0 Å². The summed E-state index contributed by atoms with van der Waals surface area (Å²) in [5.41, 5.74) is 3.45. The molecule has 3 aromatic rings. The van der Waals surface area contributed by atoms with E-state index in [0.29, 0.717) is 18.5 Å². The molecule has 1 fully saturated rings. The van der Waals surface area contributed by atoms with Crippen LogP contribution in [0.15, 0.2) is 82.8 Å². The maximum absolute atomic E-state index is 13.3. The number of ketones is 1. The van der Waals surface area contributed by atoms with Crippen LogP contribution in [-0.4, -0.2) is 34.3 Å². The van der Waals surface area contributed by atoms with Gasteiger partial charge < -0.3 is 14.7 Å². The molecule has 1 saturated heterocycles. The second kappa shape index (κ2) is 9.11. The van der Waals surface area contributed by atoms with Crippen LogP contribution in [0.5, 0.6) is 5.75 Å². The Morgan fingerprint density at radius 1 is 1.06 bits per heavy atom. The van der Waals surface area contributed by atoms with Gasteiger partial charge in [-0.3, -0.25) is 9.59 Å². The number of benzene rings is 3. The summed E-state index contributed by atoms with van der Waals surface area (Å²) < 4.78 is 6.60. The number of Topliss-reactive ketones (excluding diaryl/α,β-unsaturated/α-hetero) is 1. The summed E-state index contributed by atoms with van der Waals surface area (Å²) in [6.07, 6.45) is 1.40. The molecule has 0 saturated carbocycles. The zero-order valence-electron chi connectivity index (χ0n) is 18.7. The quantitative estimate of drug-likeness (QED) is 0.278. The van der Waals surface area contributed by atoms with E-state index in [1.807, 2.05) is 73.7 Å². The molecule has 0 spiro atoms. The van der Waals surface area contributed by atoms with Crippen LogP contribution >= 0.6 is 15.9 Å². The molecule has 1 N–H and O–H groups in total. The predicted molar refractivity (Wildman–Crippen MR) is 134 cm³/mol. The van der Waals surface area contributed by atoms with Crippen molar-refractivity contribution >= 4 is 33.4 Å². The van der Waals surface area contributed by atoms with Crippen LogP contribution in [0.3, 0.4) is 0 Å². The van der Waals surface area contributed by atoms with Crippen molar-refractivity contribution < 1.29 is 19.4 Å². The van der Waals surface area contributed by atoms with Crippen LogP contribution in [0.1, 0.15) is 35.2 Å². The van der Waals surface area contributed by atoms with Gasteiger partial charge in [-0.25, -0.2) is 0 Å². The van der Waals surface area contributed by atoms with Gasteiger partial charge in [0.2, 0.25) is 0 Å². The number of hydrogen-bond donors (Lipinski definition) is 1. The zero-order valence-corrected chi connectivity index (χ0v) is 20.3. The average Bonchev–Trinajstić information content (AvgIpc) is 3.33. The van der Waals surface area contributed by atoms with E-state index < -0.39 is 17.7 Å². The maximum atomic E-state index is 13.3. The first-order valence-corrected chi connectivity index (χ1v) is 12.1. The monoisotopic (exact) mass is 517 g/mol. The highest BCUT2D eigenvalue weighted by atomic mass is 79.9. The molecule has 0 aliphatic carbocycles. The highest BCUT2D eigenvalue weighted by Crippen LogP contribution is 2.41. The van der Waals surface area contributed by atoms with Crippen LogP contribution in [-0.2, 0) is 22.4 Å². The lowest BCUT2D eigenvalue weighted by Crippen LogP contribution is -2.31. The lowest BCUT2D eigenvalue weighted by Gasteiger charge is -2.25. The SMILES string of the molecule is CC1Cc2cc(/C(O)=C3\C(=O)C(=O)N(CCc4ccccc4)C3c3cccc(Br)c3)ccc2O1. The summed E-state index contributed by atoms with van der Waals surface area (Å²) in [4.78, 5) is 28.0. The third-order valence-electron chi connectivity index (χ3n) is 6.36. The first-order valence-electron chi connectivity index (χ1n) is 11.3. The van der Waals surface area contributed by atoms with E-state index in [0.717, 1.165) is 33.3 Å². The molecule has 1 amide bonds. The first-order chi connectivity index (χ1) is 16.4. The van der Waals surface area contributed by atoms with Crippen molar-refractivity contribution in [3.05, 3.63) is 105 Å². The minimum Gasteiger partial charge on any atom is -0.507 e. The number of amides is 1. The number of ether oxygens (including phenoxy) is 1. The third-order valence-corrected chi connectivity index (χ3v) is 6.85. The van der Waals surface area contributed by atoms with E-state index in [1.165, 1.54) is 0 Å². The predicted octanol–water partition coefficient (Wildman–Crippen LogP) is 5.44. The Kier molecular flexibility index (Phi) is 6.00. The van der Waals surface area contributed by atoms with Gasteiger partial charge in [0.25, 0.3) is 11.7 Å². The fourth-order valence-corrected chi connectivity index (χ4v) is 5.17. The molecule has 2 aliphatic rings. The number of nitrogens with zero attached hydrogens (tertiary/aromatic N) is 1. The van der Waals surface area contributed by atoms with Crippen LogP contribution in [0.25, 0.3) is 5.76 Å². The number of rotatable bonds is 5. The molecule has 0 radical (unpaired) electrons. The van der Waals surface area contributed by atoms with Crippen LogP contribution in [0.2, 0.25) is 0 Å². The molecular formula is C28H24BrNO4. The Morgan fingerprint density at radius 3 is 2.62 bits per heavy atom. The second-order valence-electron chi connectivity index (χ2n) is 8.74. The number of aliphatic hydroxyl groups excluding tert-OH is 1. The number of aliphatic hydroxyl groups is 1. The molecule has 2 aliphatic heterocycles. The van der Waals surface area contributed by atoms with E-state index >= 15 is 0 Å². The molecule has 3 aromatic carbocycles.